The summed E-state index contributed by atoms with van der Waals surface area (Å²) in [7, 11) is 0. The molecule has 0 aliphatic heterocycles. The molecule has 0 saturated heterocycles. The van der Waals surface area contributed by atoms with Crippen molar-refractivity contribution in [2.45, 2.75) is 26.4 Å². The van der Waals surface area contributed by atoms with Crippen LogP contribution in [-0.4, -0.2) is 21.3 Å². The Hall–Kier alpha value is -2.05. The van der Waals surface area contributed by atoms with Crippen LogP contribution in [-0.2, 0) is 6.18 Å². The summed E-state index contributed by atoms with van der Waals surface area (Å²) in [6.45, 7) is 4.25. The largest absolute Gasteiger partial charge is 0.416 e. The molecule has 0 radical (unpaired) electrons. The number of hydrogen-bond donors (Lipinski definition) is 1. The lowest BCUT2D eigenvalue weighted by Gasteiger charge is -2.12. The first-order valence-corrected chi connectivity index (χ1v) is 6.26. The normalized spacial score (nSPS) is 11.7. The third-order valence-electron chi connectivity index (χ3n) is 2.65. The highest BCUT2D eigenvalue weighted by Gasteiger charge is 2.31. The van der Waals surface area contributed by atoms with Gasteiger partial charge in [-0.2, -0.15) is 18.3 Å². The Morgan fingerprint density at radius 3 is 2.60 bits per heavy atom. The van der Waals surface area contributed by atoms with Gasteiger partial charge >= 0.3 is 6.18 Å². The van der Waals surface area contributed by atoms with Crippen LogP contribution in [0.5, 0.6) is 0 Å². The lowest BCUT2D eigenvalue weighted by molar-refractivity contribution is -0.137. The first-order valence-electron chi connectivity index (χ1n) is 6.26. The van der Waals surface area contributed by atoms with E-state index in [1.165, 1.54) is 4.68 Å². The molecule has 0 bridgehead atoms. The van der Waals surface area contributed by atoms with Gasteiger partial charge in [-0.1, -0.05) is 6.92 Å². The minimum absolute atomic E-state index is 0.145. The molecule has 0 aliphatic rings. The first-order chi connectivity index (χ1) is 9.40. The third-order valence-corrected chi connectivity index (χ3v) is 2.65. The molecule has 2 rings (SSSR count). The summed E-state index contributed by atoms with van der Waals surface area (Å²) in [6.07, 6.45) is -2.03. The molecule has 1 N–H and O–H groups in total. The smallest absolute Gasteiger partial charge is 0.370 e. The van der Waals surface area contributed by atoms with Gasteiger partial charge in [-0.25, -0.2) is 9.67 Å². The van der Waals surface area contributed by atoms with Crippen molar-refractivity contribution < 1.29 is 13.2 Å². The minimum atomic E-state index is -4.41. The molecule has 4 nitrogen and oxygen atoms in total. The maximum Gasteiger partial charge on any atom is 0.416 e. The molecule has 2 heterocycles. The SMILES string of the molecule is CCCNc1cc(C(F)(F)F)cc(-n2ccc(C)n2)n1. The second-order valence-corrected chi connectivity index (χ2v) is 4.43. The van der Waals surface area contributed by atoms with Gasteiger partial charge in [0.2, 0.25) is 0 Å². The zero-order valence-corrected chi connectivity index (χ0v) is 11.2. The van der Waals surface area contributed by atoms with Gasteiger partial charge in [0.1, 0.15) is 5.82 Å². The van der Waals surface area contributed by atoms with Gasteiger partial charge < -0.3 is 5.32 Å². The van der Waals surface area contributed by atoms with E-state index in [-0.39, 0.29) is 11.6 Å². The minimum Gasteiger partial charge on any atom is -0.370 e. The van der Waals surface area contributed by atoms with Gasteiger partial charge in [0, 0.05) is 12.7 Å². The van der Waals surface area contributed by atoms with Crippen LogP contribution in [0.15, 0.2) is 24.4 Å². The van der Waals surface area contributed by atoms with Crippen LogP contribution in [0.25, 0.3) is 5.82 Å². The fourth-order valence-electron chi connectivity index (χ4n) is 1.68. The average Bonchev–Trinajstić information content (AvgIpc) is 2.82. The molecule has 0 unspecified atom stereocenters. The molecule has 20 heavy (non-hydrogen) atoms. The summed E-state index contributed by atoms with van der Waals surface area (Å²) in [5.41, 5.74) is -0.0264. The second kappa shape index (κ2) is 5.52. The van der Waals surface area contributed by atoms with Gasteiger partial charge in [0.25, 0.3) is 0 Å². The summed E-state index contributed by atoms with van der Waals surface area (Å²) < 4.78 is 40.1. The number of alkyl halides is 3. The Bertz CT molecular complexity index is 590. The van der Waals surface area contributed by atoms with Crippen LogP contribution in [0.4, 0.5) is 19.0 Å². The summed E-state index contributed by atoms with van der Waals surface area (Å²) in [6, 6.07) is 3.71. The molecule has 0 aliphatic carbocycles. The number of aromatic nitrogens is 3. The summed E-state index contributed by atoms with van der Waals surface area (Å²) in [5.74, 6) is 0.344. The molecule has 2 aromatic rings. The second-order valence-electron chi connectivity index (χ2n) is 4.43. The number of anilines is 1. The number of aryl methyl sites for hydroxylation is 1. The molecule has 0 amide bonds. The van der Waals surface area contributed by atoms with Gasteiger partial charge in [0.15, 0.2) is 5.82 Å². The van der Waals surface area contributed by atoms with Crippen LogP contribution < -0.4 is 5.32 Å². The predicted molar refractivity (Wildman–Crippen MR) is 69.9 cm³/mol. The highest BCUT2D eigenvalue weighted by molar-refractivity contribution is 5.44. The van der Waals surface area contributed by atoms with Crippen molar-refractivity contribution in [3.8, 4) is 5.82 Å². The molecule has 0 saturated carbocycles. The quantitative estimate of drug-likeness (QED) is 0.935. The van der Waals surface area contributed by atoms with E-state index < -0.39 is 11.7 Å². The van der Waals surface area contributed by atoms with Gasteiger partial charge in [-0.05, 0) is 31.5 Å². The maximum atomic E-state index is 12.9. The molecule has 108 valence electrons. The number of rotatable bonds is 4. The van der Waals surface area contributed by atoms with E-state index in [4.69, 9.17) is 0 Å². The van der Waals surface area contributed by atoms with Crippen LogP contribution >= 0.6 is 0 Å². The third kappa shape index (κ3) is 3.28. The Balaban J connectivity index is 2.45. The summed E-state index contributed by atoms with van der Waals surface area (Å²) >= 11 is 0. The van der Waals surface area contributed by atoms with Gasteiger partial charge in [0.05, 0.1) is 11.3 Å². The Morgan fingerprint density at radius 1 is 1.30 bits per heavy atom. The Labute approximate surface area is 114 Å². The van der Waals surface area contributed by atoms with E-state index in [0.29, 0.717) is 12.2 Å². The summed E-state index contributed by atoms with van der Waals surface area (Å²) in [4.78, 5) is 4.16. The molecular formula is C13H15F3N4. The highest BCUT2D eigenvalue weighted by atomic mass is 19.4. The van der Waals surface area contributed by atoms with E-state index in [1.54, 1.807) is 19.2 Å². The topological polar surface area (TPSA) is 42.7 Å². The van der Waals surface area contributed by atoms with Crippen LogP contribution in [0.2, 0.25) is 0 Å². The Kier molecular flexibility index (Phi) is 3.96. The molecule has 7 heteroatoms. The number of nitrogens with one attached hydrogen (secondary N) is 1. The van der Waals surface area contributed by atoms with Crippen molar-refractivity contribution in [3.63, 3.8) is 0 Å². The number of halogens is 3. The number of hydrogen-bond acceptors (Lipinski definition) is 3. The van der Waals surface area contributed by atoms with Crippen LogP contribution in [0, 0.1) is 6.92 Å². The molecule has 0 atom stereocenters. The molecule has 0 aromatic carbocycles. The fourth-order valence-corrected chi connectivity index (χ4v) is 1.68. The highest BCUT2D eigenvalue weighted by Crippen LogP contribution is 2.31. The van der Waals surface area contributed by atoms with E-state index in [1.807, 2.05) is 6.92 Å². The standard InChI is InChI=1S/C13H15F3N4/c1-3-5-17-11-7-10(13(14,15)16)8-12(18-11)20-6-4-9(2)19-20/h4,6-8H,3,5H2,1-2H3,(H,17,18). The van der Waals surface area contributed by atoms with Gasteiger partial charge in [-0.3, -0.25) is 0 Å². The van der Waals surface area contributed by atoms with Crippen LogP contribution in [0.1, 0.15) is 24.6 Å². The van der Waals surface area contributed by atoms with Crippen LogP contribution in [0.3, 0.4) is 0 Å². The molecular weight excluding hydrogens is 269 g/mol. The van der Waals surface area contributed by atoms with E-state index >= 15 is 0 Å². The fraction of sp³-hybridized carbons (Fsp3) is 0.385. The zero-order chi connectivity index (χ0) is 14.8. The predicted octanol–water partition coefficient (Wildman–Crippen LogP) is 3.42. The summed E-state index contributed by atoms with van der Waals surface area (Å²) in [5, 5.41) is 6.96. The Morgan fingerprint density at radius 2 is 2.05 bits per heavy atom. The maximum absolute atomic E-state index is 12.9. The first kappa shape index (κ1) is 14.4. The molecule has 2 aromatic heterocycles. The van der Waals surface area contributed by atoms with Crippen molar-refractivity contribution in [3.05, 3.63) is 35.7 Å². The van der Waals surface area contributed by atoms with Crippen molar-refractivity contribution in [1.29, 1.82) is 0 Å². The molecule has 0 spiro atoms. The van der Waals surface area contributed by atoms with Crippen molar-refractivity contribution in [2.24, 2.45) is 0 Å². The monoisotopic (exact) mass is 284 g/mol. The lowest BCUT2D eigenvalue weighted by Crippen LogP contribution is -2.11. The van der Waals surface area contributed by atoms with Crippen molar-refractivity contribution in [1.82, 2.24) is 14.8 Å². The molecule has 0 fully saturated rings. The average molecular weight is 284 g/mol. The van der Waals surface area contributed by atoms with Crippen molar-refractivity contribution >= 4 is 5.82 Å². The zero-order valence-electron chi connectivity index (χ0n) is 11.2. The lowest BCUT2D eigenvalue weighted by atomic mass is 10.2. The van der Waals surface area contributed by atoms with E-state index in [0.717, 1.165) is 18.6 Å². The number of pyridine rings is 1. The van der Waals surface area contributed by atoms with Gasteiger partial charge in [-0.15, -0.1) is 0 Å². The van der Waals surface area contributed by atoms with E-state index in [9.17, 15) is 13.2 Å². The van der Waals surface area contributed by atoms with Crippen molar-refractivity contribution in [2.75, 3.05) is 11.9 Å². The number of nitrogens with zero attached hydrogens (tertiary/aromatic N) is 3. The van der Waals surface area contributed by atoms with E-state index in [2.05, 4.69) is 15.4 Å².